The van der Waals surface area contributed by atoms with Crippen LogP contribution in [-0.2, 0) is 10.0 Å². The molecule has 25 heavy (non-hydrogen) atoms. The van der Waals surface area contributed by atoms with Gasteiger partial charge in [-0.05, 0) is 38.3 Å². The second-order valence-corrected chi connectivity index (χ2v) is 8.02. The Morgan fingerprint density at radius 3 is 2.40 bits per heavy atom. The van der Waals surface area contributed by atoms with Gasteiger partial charge in [0.1, 0.15) is 0 Å². The van der Waals surface area contributed by atoms with Crippen molar-refractivity contribution in [2.45, 2.75) is 70.6 Å². The Bertz CT molecular complexity index is 679. The van der Waals surface area contributed by atoms with Gasteiger partial charge < -0.3 is 0 Å². The molecule has 0 unspecified atom stereocenters. The molecular weight excluding hydrogens is 330 g/mol. The monoisotopic (exact) mass is 361 g/mol. The number of rotatable bonds is 10. The van der Waals surface area contributed by atoms with E-state index >= 15 is 0 Å². The molecule has 1 rings (SSSR count). The predicted molar refractivity (Wildman–Crippen MR) is 106 cm³/mol. The lowest BCUT2D eigenvalue weighted by atomic mass is 10.2. The lowest BCUT2D eigenvalue weighted by molar-refractivity contribution is 0.514. The number of unbranched alkanes of at least 4 members (excludes halogenated alkanes) is 4. The molecule has 0 fully saturated rings. The number of aryl methyl sites for hydroxylation is 1. The van der Waals surface area contributed by atoms with Crippen LogP contribution in [0, 0.1) is 18.9 Å². The van der Waals surface area contributed by atoms with Crippen LogP contribution in [0.2, 0.25) is 0 Å². The van der Waals surface area contributed by atoms with Gasteiger partial charge in [-0.25, -0.2) is 12.7 Å². The van der Waals surface area contributed by atoms with Crippen LogP contribution in [0.5, 0.6) is 0 Å². The fourth-order valence-electron chi connectivity index (χ4n) is 2.33. The molecule has 1 aromatic rings. The van der Waals surface area contributed by atoms with Crippen LogP contribution in [0.1, 0.15) is 64.4 Å². The van der Waals surface area contributed by atoms with Gasteiger partial charge in [0.25, 0.3) is 10.0 Å². The van der Waals surface area contributed by atoms with Gasteiger partial charge in [-0.2, -0.15) is 0 Å². The first-order chi connectivity index (χ1) is 12.0. The maximum absolute atomic E-state index is 12.9. The van der Waals surface area contributed by atoms with Crippen LogP contribution < -0.4 is 0 Å². The first kappa shape index (κ1) is 21.3. The highest BCUT2D eigenvalue weighted by atomic mass is 32.2. The lowest BCUT2D eigenvalue weighted by Crippen LogP contribution is -2.27. The maximum atomic E-state index is 12.9. The number of allylic oxidation sites excluding steroid dienone is 1. The maximum Gasteiger partial charge on any atom is 0.270 e. The van der Waals surface area contributed by atoms with E-state index in [0.717, 1.165) is 31.2 Å². The normalized spacial score (nSPS) is 11.3. The number of sulfonamides is 1. The van der Waals surface area contributed by atoms with Crippen molar-refractivity contribution in [2.75, 3.05) is 6.54 Å². The van der Waals surface area contributed by atoms with E-state index < -0.39 is 10.0 Å². The van der Waals surface area contributed by atoms with Crippen molar-refractivity contribution in [1.82, 2.24) is 4.31 Å². The van der Waals surface area contributed by atoms with E-state index in [-0.39, 0.29) is 0 Å². The van der Waals surface area contributed by atoms with Crippen LogP contribution >= 0.6 is 0 Å². The highest BCUT2D eigenvalue weighted by molar-refractivity contribution is 7.89. The summed E-state index contributed by atoms with van der Waals surface area (Å²) in [4.78, 5) is 0.304. The highest BCUT2D eigenvalue weighted by Gasteiger charge is 2.21. The zero-order valence-electron chi connectivity index (χ0n) is 15.8. The van der Waals surface area contributed by atoms with Crippen molar-refractivity contribution in [2.24, 2.45) is 0 Å². The van der Waals surface area contributed by atoms with Gasteiger partial charge in [0.2, 0.25) is 0 Å². The first-order valence-electron chi connectivity index (χ1n) is 9.25. The molecule has 0 bridgehead atoms. The number of hydrogen-bond donors (Lipinski definition) is 0. The van der Waals surface area contributed by atoms with Crippen molar-refractivity contribution in [1.29, 1.82) is 0 Å². The zero-order valence-corrected chi connectivity index (χ0v) is 16.6. The Morgan fingerprint density at radius 1 is 1.04 bits per heavy atom. The quantitative estimate of drug-likeness (QED) is 0.246. The third kappa shape index (κ3) is 7.79. The molecule has 0 heterocycles. The molecule has 0 amide bonds. The molecular formula is C21H31NO2S. The second-order valence-electron chi connectivity index (χ2n) is 6.16. The Hall–Kier alpha value is -1.73. The minimum atomic E-state index is -3.58. The Kier molecular flexibility index (Phi) is 10.0. The smallest absolute Gasteiger partial charge is 0.224 e. The highest BCUT2D eigenvalue weighted by Crippen LogP contribution is 2.16. The number of hydrogen-bond acceptors (Lipinski definition) is 2. The average molecular weight is 362 g/mol. The molecule has 0 N–H and O–H groups in total. The molecule has 4 heteroatoms. The van der Waals surface area contributed by atoms with Crippen molar-refractivity contribution in [3.8, 4) is 12.0 Å². The Labute approximate surface area is 154 Å². The molecule has 0 aliphatic carbocycles. The Balaban J connectivity index is 2.86. The molecule has 0 aliphatic rings. The van der Waals surface area contributed by atoms with Crippen LogP contribution in [0.25, 0.3) is 0 Å². The summed E-state index contributed by atoms with van der Waals surface area (Å²) in [5, 5.41) is 0. The summed E-state index contributed by atoms with van der Waals surface area (Å²) < 4.78 is 27.0. The summed E-state index contributed by atoms with van der Waals surface area (Å²) in [6, 6.07) is 9.84. The van der Waals surface area contributed by atoms with E-state index in [4.69, 9.17) is 0 Å². The molecule has 0 radical (unpaired) electrons. The van der Waals surface area contributed by atoms with Gasteiger partial charge in [-0.3, -0.25) is 0 Å². The molecule has 0 spiro atoms. The zero-order chi connectivity index (χ0) is 18.5. The molecule has 0 atom stereocenters. The molecule has 0 aromatic heterocycles. The minimum Gasteiger partial charge on any atom is -0.224 e. The summed E-state index contributed by atoms with van der Waals surface area (Å²) in [5.41, 5.74) is 1.04. The second kappa shape index (κ2) is 11.8. The summed E-state index contributed by atoms with van der Waals surface area (Å²) in [6.07, 6.45) is 11.0. The van der Waals surface area contributed by atoms with Crippen molar-refractivity contribution in [3.63, 3.8) is 0 Å². The fraction of sp³-hybridized carbons (Fsp3) is 0.524. The molecule has 0 saturated heterocycles. The van der Waals surface area contributed by atoms with E-state index in [0.29, 0.717) is 17.9 Å². The molecule has 0 saturated carbocycles. The molecule has 0 aliphatic heterocycles. The third-order valence-electron chi connectivity index (χ3n) is 3.87. The summed E-state index contributed by atoms with van der Waals surface area (Å²) in [5.74, 6) is 3.05. The average Bonchev–Trinajstić information content (AvgIpc) is 2.60. The van der Waals surface area contributed by atoms with Crippen LogP contribution in [0.4, 0.5) is 0 Å². The summed E-state index contributed by atoms with van der Waals surface area (Å²) >= 11 is 0. The van der Waals surface area contributed by atoms with Gasteiger partial charge in [0.15, 0.2) is 0 Å². The molecule has 138 valence electrons. The van der Waals surface area contributed by atoms with Crippen molar-refractivity contribution < 1.29 is 8.42 Å². The van der Waals surface area contributed by atoms with E-state index in [9.17, 15) is 8.42 Å². The summed E-state index contributed by atoms with van der Waals surface area (Å²) in [6.45, 7) is 6.56. The van der Waals surface area contributed by atoms with Crippen LogP contribution in [0.3, 0.4) is 0 Å². The van der Waals surface area contributed by atoms with Gasteiger partial charge >= 0.3 is 0 Å². The summed E-state index contributed by atoms with van der Waals surface area (Å²) in [7, 11) is -3.58. The largest absolute Gasteiger partial charge is 0.270 e. The van der Waals surface area contributed by atoms with E-state index in [1.54, 1.807) is 12.1 Å². The van der Waals surface area contributed by atoms with Crippen molar-refractivity contribution >= 4 is 10.0 Å². The van der Waals surface area contributed by atoms with Crippen LogP contribution in [0.15, 0.2) is 41.3 Å². The van der Waals surface area contributed by atoms with Gasteiger partial charge in [-0.15, -0.1) is 0 Å². The van der Waals surface area contributed by atoms with Gasteiger partial charge in [-0.1, -0.05) is 68.9 Å². The number of benzene rings is 1. The first-order valence-corrected chi connectivity index (χ1v) is 10.7. The molecule has 1 aromatic carbocycles. The fourth-order valence-corrected chi connectivity index (χ4v) is 3.60. The minimum absolute atomic E-state index is 0.304. The predicted octanol–water partition coefficient (Wildman–Crippen LogP) is 5.27. The van der Waals surface area contributed by atoms with E-state index in [2.05, 4.69) is 31.9 Å². The third-order valence-corrected chi connectivity index (χ3v) is 5.59. The molecule has 3 nitrogen and oxygen atoms in total. The van der Waals surface area contributed by atoms with E-state index in [1.807, 2.05) is 25.1 Å². The topological polar surface area (TPSA) is 37.4 Å². The standard InChI is InChI=1S/C21H31NO2S/c1-4-6-8-10-11-13-19-22(18-12-9-7-5-2)25(23,24)21-16-14-20(3)15-17-21/h7,9,14-17H,4-6,8,10-12,18H2,1-3H3/b9-7+. The van der Waals surface area contributed by atoms with Crippen molar-refractivity contribution in [3.05, 3.63) is 42.0 Å². The van der Waals surface area contributed by atoms with Gasteiger partial charge in [0, 0.05) is 19.0 Å². The number of nitrogens with zero attached hydrogens (tertiary/aromatic N) is 1. The SMILES string of the molecule is CC/C=C/CCN(C#CCCCCCC)S(=O)(=O)c1ccc(C)cc1. The van der Waals surface area contributed by atoms with Crippen LogP contribution in [-0.4, -0.2) is 19.3 Å². The van der Waals surface area contributed by atoms with Gasteiger partial charge in [0.05, 0.1) is 4.90 Å². The van der Waals surface area contributed by atoms with E-state index in [1.165, 1.54) is 17.1 Å². The Morgan fingerprint density at radius 2 is 1.76 bits per heavy atom. The lowest BCUT2D eigenvalue weighted by Gasteiger charge is -2.17.